The zero-order chi connectivity index (χ0) is 20.2. The summed E-state index contributed by atoms with van der Waals surface area (Å²) >= 11 is 0. The number of ether oxygens (including phenoxy) is 3. The van der Waals surface area contributed by atoms with E-state index in [4.69, 9.17) is 19.0 Å². The lowest BCUT2D eigenvalue weighted by molar-refractivity contribution is 0.0745. The molecule has 0 amide bonds. The molecule has 0 aliphatic carbocycles. The summed E-state index contributed by atoms with van der Waals surface area (Å²) in [6.07, 6.45) is -0.0387. The van der Waals surface area contributed by atoms with Gasteiger partial charge in [0.2, 0.25) is 0 Å². The Kier molecular flexibility index (Phi) is 5.97. The van der Waals surface area contributed by atoms with Crippen molar-refractivity contribution in [1.82, 2.24) is 4.90 Å². The minimum absolute atomic E-state index is 0.0387. The quantitative estimate of drug-likeness (QED) is 0.638. The van der Waals surface area contributed by atoms with Crippen molar-refractivity contribution in [3.8, 4) is 11.5 Å². The highest BCUT2D eigenvalue weighted by molar-refractivity contribution is 6.03. The van der Waals surface area contributed by atoms with Crippen LogP contribution in [0.25, 0.3) is 0 Å². The molecule has 4 rings (SSSR count). The molecule has 2 aromatic rings. The van der Waals surface area contributed by atoms with E-state index in [0.29, 0.717) is 36.0 Å². The average Bonchev–Trinajstić information content (AvgIpc) is 3.30. The standard InChI is InChI=1S/C22H25FN2O4/c1-26-9-10-28-19-8-7-15(11-20(19)27-2)12-25-13-17-21(14-25)29-24-22(17)16-5-3-4-6-18(16)23/h3-8,11,17,21H,9-10,12-14H2,1-2H3/t17-,21+/m0/s1. The maximum absolute atomic E-state index is 14.2. The summed E-state index contributed by atoms with van der Waals surface area (Å²) in [5, 5.41) is 4.17. The number of rotatable bonds is 8. The van der Waals surface area contributed by atoms with E-state index in [1.807, 2.05) is 24.3 Å². The summed E-state index contributed by atoms with van der Waals surface area (Å²) in [6, 6.07) is 12.7. The Bertz CT molecular complexity index is 889. The smallest absolute Gasteiger partial charge is 0.161 e. The largest absolute Gasteiger partial charge is 0.493 e. The third kappa shape index (κ3) is 4.21. The first kappa shape index (κ1) is 19.7. The van der Waals surface area contributed by atoms with Gasteiger partial charge in [-0.1, -0.05) is 29.4 Å². The summed E-state index contributed by atoms with van der Waals surface area (Å²) in [7, 11) is 3.27. The van der Waals surface area contributed by atoms with E-state index in [-0.39, 0.29) is 17.8 Å². The van der Waals surface area contributed by atoms with Gasteiger partial charge in [-0.3, -0.25) is 4.90 Å². The molecule has 2 aliphatic heterocycles. The first-order valence-corrected chi connectivity index (χ1v) is 9.69. The predicted molar refractivity (Wildman–Crippen MR) is 107 cm³/mol. The molecular weight excluding hydrogens is 375 g/mol. The van der Waals surface area contributed by atoms with Crippen LogP contribution in [0.1, 0.15) is 11.1 Å². The predicted octanol–water partition coefficient (Wildman–Crippen LogP) is 3.09. The summed E-state index contributed by atoms with van der Waals surface area (Å²) in [6.45, 7) is 3.26. The van der Waals surface area contributed by atoms with Crippen LogP contribution >= 0.6 is 0 Å². The van der Waals surface area contributed by atoms with Gasteiger partial charge in [0.15, 0.2) is 11.5 Å². The van der Waals surface area contributed by atoms with Gasteiger partial charge in [0.05, 0.1) is 25.3 Å². The van der Waals surface area contributed by atoms with Gasteiger partial charge < -0.3 is 19.0 Å². The van der Waals surface area contributed by atoms with Gasteiger partial charge >= 0.3 is 0 Å². The van der Waals surface area contributed by atoms with Crippen molar-refractivity contribution in [3.63, 3.8) is 0 Å². The van der Waals surface area contributed by atoms with Crippen molar-refractivity contribution in [3.05, 3.63) is 59.4 Å². The van der Waals surface area contributed by atoms with Crippen LogP contribution < -0.4 is 9.47 Å². The first-order chi connectivity index (χ1) is 14.2. The highest BCUT2D eigenvalue weighted by Crippen LogP contribution is 2.33. The summed E-state index contributed by atoms with van der Waals surface area (Å²) in [5.74, 6) is 1.21. The molecule has 2 aliphatic rings. The number of oxime groups is 1. The molecule has 0 N–H and O–H groups in total. The van der Waals surface area contributed by atoms with Crippen molar-refractivity contribution in [1.29, 1.82) is 0 Å². The molecule has 154 valence electrons. The number of hydrogen-bond acceptors (Lipinski definition) is 6. The van der Waals surface area contributed by atoms with Crippen LogP contribution in [0.4, 0.5) is 4.39 Å². The van der Waals surface area contributed by atoms with Crippen LogP contribution in [0.5, 0.6) is 11.5 Å². The van der Waals surface area contributed by atoms with Gasteiger partial charge in [-0.2, -0.15) is 0 Å². The molecule has 6 nitrogen and oxygen atoms in total. The molecule has 7 heteroatoms. The Balaban J connectivity index is 1.42. The van der Waals surface area contributed by atoms with Crippen molar-refractivity contribution in [2.24, 2.45) is 11.1 Å². The van der Waals surface area contributed by atoms with Crippen LogP contribution in [-0.4, -0.2) is 57.2 Å². The van der Waals surface area contributed by atoms with Gasteiger partial charge in [-0.15, -0.1) is 0 Å². The van der Waals surface area contributed by atoms with Gasteiger partial charge in [0, 0.05) is 32.3 Å². The Labute approximate surface area is 169 Å². The van der Waals surface area contributed by atoms with Crippen LogP contribution in [-0.2, 0) is 16.1 Å². The molecule has 29 heavy (non-hydrogen) atoms. The maximum atomic E-state index is 14.2. The van der Waals surface area contributed by atoms with E-state index >= 15 is 0 Å². The molecule has 0 spiro atoms. The lowest BCUT2D eigenvalue weighted by Crippen LogP contribution is -2.23. The van der Waals surface area contributed by atoms with Crippen molar-refractivity contribution in [2.45, 2.75) is 12.6 Å². The molecule has 0 saturated carbocycles. The lowest BCUT2D eigenvalue weighted by atomic mass is 9.94. The zero-order valence-electron chi connectivity index (χ0n) is 16.6. The third-order valence-electron chi connectivity index (χ3n) is 5.31. The molecule has 1 fully saturated rings. The third-order valence-corrected chi connectivity index (χ3v) is 5.31. The number of fused-ring (bicyclic) bond motifs is 1. The van der Waals surface area contributed by atoms with E-state index in [9.17, 15) is 4.39 Å². The van der Waals surface area contributed by atoms with Crippen molar-refractivity contribution < 1.29 is 23.4 Å². The summed E-state index contributed by atoms with van der Waals surface area (Å²) in [4.78, 5) is 7.91. The molecule has 1 saturated heterocycles. The molecule has 0 radical (unpaired) electrons. The molecule has 0 bridgehead atoms. The fourth-order valence-electron chi connectivity index (χ4n) is 3.88. The number of hydrogen-bond donors (Lipinski definition) is 0. The molecule has 2 aromatic carbocycles. The van der Waals surface area contributed by atoms with E-state index in [1.54, 1.807) is 26.4 Å². The molecule has 0 unspecified atom stereocenters. The highest BCUT2D eigenvalue weighted by Gasteiger charge is 2.43. The Morgan fingerprint density at radius 1 is 1.10 bits per heavy atom. The van der Waals surface area contributed by atoms with Crippen LogP contribution in [0.2, 0.25) is 0 Å². The highest BCUT2D eigenvalue weighted by atomic mass is 19.1. The fourth-order valence-corrected chi connectivity index (χ4v) is 3.88. The van der Waals surface area contributed by atoms with Crippen molar-refractivity contribution >= 4 is 5.71 Å². The number of benzene rings is 2. The second-order valence-corrected chi connectivity index (χ2v) is 7.23. The average molecular weight is 400 g/mol. The Morgan fingerprint density at radius 2 is 1.97 bits per heavy atom. The molecule has 0 aromatic heterocycles. The fraction of sp³-hybridized carbons (Fsp3) is 0.409. The topological polar surface area (TPSA) is 52.5 Å². The monoisotopic (exact) mass is 400 g/mol. The maximum Gasteiger partial charge on any atom is 0.161 e. The van der Waals surface area contributed by atoms with Crippen LogP contribution in [0.15, 0.2) is 47.6 Å². The summed E-state index contributed by atoms with van der Waals surface area (Å²) in [5.41, 5.74) is 2.35. The van der Waals surface area contributed by atoms with Gasteiger partial charge in [0.1, 0.15) is 18.5 Å². The minimum atomic E-state index is -0.261. The van der Waals surface area contributed by atoms with Gasteiger partial charge in [0.25, 0.3) is 0 Å². The minimum Gasteiger partial charge on any atom is -0.493 e. The lowest BCUT2D eigenvalue weighted by Gasteiger charge is -2.18. The second kappa shape index (κ2) is 8.80. The van der Waals surface area contributed by atoms with E-state index < -0.39 is 0 Å². The second-order valence-electron chi connectivity index (χ2n) is 7.23. The molecule has 2 atom stereocenters. The van der Waals surface area contributed by atoms with E-state index in [0.717, 1.165) is 25.2 Å². The number of likely N-dealkylation sites (tertiary alicyclic amines) is 1. The van der Waals surface area contributed by atoms with Crippen molar-refractivity contribution in [2.75, 3.05) is 40.5 Å². The number of nitrogens with zero attached hydrogens (tertiary/aromatic N) is 2. The Morgan fingerprint density at radius 3 is 2.76 bits per heavy atom. The summed E-state index contributed by atoms with van der Waals surface area (Å²) < 4.78 is 30.4. The van der Waals surface area contributed by atoms with Crippen LogP contribution in [0, 0.1) is 11.7 Å². The first-order valence-electron chi connectivity index (χ1n) is 9.69. The number of halogens is 1. The van der Waals surface area contributed by atoms with Gasteiger partial charge in [-0.05, 0) is 23.8 Å². The normalized spacial score (nSPS) is 20.9. The van der Waals surface area contributed by atoms with Crippen LogP contribution in [0.3, 0.4) is 0 Å². The zero-order valence-corrected chi connectivity index (χ0v) is 16.6. The van der Waals surface area contributed by atoms with Gasteiger partial charge in [-0.25, -0.2) is 4.39 Å². The molecular formula is C22H25FN2O4. The van der Waals surface area contributed by atoms with E-state index in [2.05, 4.69) is 10.1 Å². The Hall–Kier alpha value is -2.64. The molecule has 2 heterocycles. The SMILES string of the molecule is COCCOc1ccc(CN2C[C@@H]3C(c4ccccc4F)=NO[C@@H]3C2)cc1OC. The van der Waals surface area contributed by atoms with E-state index in [1.165, 1.54) is 6.07 Å². The number of methoxy groups -OCH3 is 2.